The van der Waals surface area contributed by atoms with Crippen molar-refractivity contribution in [1.29, 1.82) is 0 Å². The molecule has 0 radical (unpaired) electrons. The van der Waals surface area contributed by atoms with Gasteiger partial charge in [0.15, 0.2) is 24.9 Å². The van der Waals surface area contributed by atoms with Crippen molar-refractivity contribution in [2.45, 2.75) is 97.4 Å². The molecular weight excluding hydrogens is 542 g/mol. The summed E-state index contributed by atoms with van der Waals surface area (Å²) in [5, 5.41) is 9.23. The SMILES string of the molecule is Cc1cc(C)c2oc(=O)cc(OCn3cc(CCO[C@H]4O[C@@H]5O[C@@]6(C)CC[C@H]7[C@H](C)CC[C@@H]([C@H]4C)[C@@]57OO6)nn3)c2c1. The first-order valence-electron chi connectivity index (χ1n) is 15.0. The largest absolute Gasteiger partial charge is 0.470 e. The molecule has 5 aliphatic rings. The number of hydrogen-bond acceptors (Lipinski definition) is 10. The second kappa shape index (κ2) is 10.4. The van der Waals surface area contributed by atoms with E-state index in [9.17, 15) is 4.79 Å². The third-order valence-electron chi connectivity index (χ3n) is 9.81. The minimum Gasteiger partial charge on any atom is -0.470 e. The van der Waals surface area contributed by atoms with Crippen molar-refractivity contribution in [3.63, 3.8) is 0 Å². The van der Waals surface area contributed by atoms with Gasteiger partial charge in [-0.1, -0.05) is 25.1 Å². The molecular formula is C31H39N3O8. The predicted octanol–water partition coefficient (Wildman–Crippen LogP) is 4.80. The normalized spacial score (nSPS) is 35.6. The highest BCUT2D eigenvalue weighted by molar-refractivity contribution is 5.86. The van der Waals surface area contributed by atoms with Gasteiger partial charge in [0.25, 0.3) is 0 Å². The lowest BCUT2D eigenvalue weighted by Gasteiger charge is -2.60. The number of benzene rings is 1. The first-order valence-corrected chi connectivity index (χ1v) is 15.0. The van der Waals surface area contributed by atoms with E-state index in [-0.39, 0.29) is 18.6 Å². The number of aromatic nitrogens is 3. The second-order valence-corrected chi connectivity index (χ2v) is 12.8. The second-order valence-electron chi connectivity index (χ2n) is 12.8. The molecule has 42 heavy (non-hydrogen) atoms. The van der Waals surface area contributed by atoms with Crippen molar-refractivity contribution in [2.24, 2.45) is 23.7 Å². The highest BCUT2D eigenvalue weighted by atomic mass is 17.3. The first-order chi connectivity index (χ1) is 20.1. The summed E-state index contributed by atoms with van der Waals surface area (Å²) in [5.41, 5.74) is 2.17. The molecule has 0 N–H and O–H groups in total. The maximum atomic E-state index is 12.1. The summed E-state index contributed by atoms with van der Waals surface area (Å²) in [6, 6.07) is 5.28. The number of aryl methyl sites for hydroxylation is 2. The molecule has 5 fully saturated rings. The van der Waals surface area contributed by atoms with Crippen LogP contribution < -0.4 is 10.4 Å². The molecule has 11 heteroatoms. The quantitative estimate of drug-likeness (QED) is 0.284. The number of nitrogens with zero attached hydrogens (tertiary/aromatic N) is 3. The van der Waals surface area contributed by atoms with E-state index in [4.69, 9.17) is 33.1 Å². The molecule has 2 bridgehead atoms. The zero-order chi connectivity index (χ0) is 29.2. The van der Waals surface area contributed by atoms with Gasteiger partial charge in [-0.15, -0.1) is 5.10 Å². The Morgan fingerprint density at radius 1 is 1.10 bits per heavy atom. The van der Waals surface area contributed by atoms with Crippen LogP contribution in [0.15, 0.2) is 33.6 Å². The van der Waals surface area contributed by atoms with Gasteiger partial charge in [0, 0.05) is 24.7 Å². The van der Waals surface area contributed by atoms with Crippen LogP contribution in [0.2, 0.25) is 0 Å². The van der Waals surface area contributed by atoms with Crippen molar-refractivity contribution in [2.75, 3.05) is 6.61 Å². The summed E-state index contributed by atoms with van der Waals surface area (Å²) in [5.74, 6) is 0.807. The highest BCUT2D eigenvalue weighted by Gasteiger charge is 2.69. The Kier molecular flexibility index (Phi) is 6.93. The topological polar surface area (TPSA) is 116 Å². The van der Waals surface area contributed by atoms with Crippen LogP contribution in [0, 0.1) is 37.5 Å². The van der Waals surface area contributed by atoms with Gasteiger partial charge in [-0.2, -0.15) is 0 Å². The Morgan fingerprint density at radius 3 is 2.81 bits per heavy atom. The van der Waals surface area contributed by atoms with Crippen LogP contribution in [0.3, 0.4) is 0 Å². The summed E-state index contributed by atoms with van der Waals surface area (Å²) >= 11 is 0. The van der Waals surface area contributed by atoms with Gasteiger partial charge in [0.1, 0.15) is 11.3 Å². The van der Waals surface area contributed by atoms with Crippen molar-refractivity contribution < 1.29 is 33.1 Å². The van der Waals surface area contributed by atoms with Crippen LogP contribution in [0.25, 0.3) is 11.0 Å². The number of rotatable bonds is 7. The lowest BCUT2D eigenvalue weighted by Crippen LogP contribution is -2.70. The molecule has 6 heterocycles. The molecule has 3 aromatic rings. The van der Waals surface area contributed by atoms with E-state index in [1.165, 1.54) is 6.07 Å². The molecule has 1 spiro atoms. The Balaban J connectivity index is 0.992. The van der Waals surface area contributed by atoms with E-state index in [0.717, 1.165) is 47.9 Å². The Labute approximate surface area is 244 Å². The molecule has 4 aliphatic heterocycles. The third kappa shape index (κ3) is 4.66. The summed E-state index contributed by atoms with van der Waals surface area (Å²) in [7, 11) is 0. The molecule has 1 aliphatic carbocycles. The summed E-state index contributed by atoms with van der Waals surface area (Å²) in [4.78, 5) is 24.2. The fourth-order valence-corrected chi connectivity index (χ4v) is 7.70. The van der Waals surface area contributed by atoms with Crippen LogP contribution >= 0.6 is 0 Å². The molecule has 11 nitrogen and oxygen atoms in total. The fourth-order valence-electron chi connectivity index (χ4n) is 7.70. The molecule has 8 rings (SSSR count). The van der Waals surface area contributed by atoms with Gasteiger partial charge in [-0.25, -0.2) is 19.3 Å². The molecule has 2 aromatic heterocycles. The molecule has 1 aromatic carbocycles. The Morgan fingerprint density at radius 2 is 1.95 bits per heavy atom. The van der Waals surface area contributed by atoms with Crippen LogP contribution in [-0.4, -0.2) is 45.6 Å². The number of hydrogen-bond donors (Lipinski definition) is 0. The van der Waals surface area contributed by atoms with Gasteiger partial charge in [0.05, 0.1) is 30.0 Å². The van der Waals surface area contributed by atoms with E-state index in [2.05, 4.69) is 24.2 Å². The molecule has 0 amide bonds. The Hall–Kier alpha value is -2.83. The first kappa shape index (κ1) is 28.0. The van der Waals surface area contributed by atoms with Crippen LogP contribution in [0.5, 0.6) is 5.75 Å². The Bertz CT molecular complexity index is 1540. The van der Waals surface area contributed by atoms with Crippen molar-refractivity contribution in [1.82, 2.24) is 15.0 Å². The fraction of sp³-hybridized carbons (Fsp3) is 0.645. The van der Waals surface area contributed by atoms with Crippen LogP contribution in [-0.2, 0) is 37.1 Å². The van der Waals surface area contributed by atoms with E-state index in [1.807, 2.05) is 39.1 Å². The summed E-state index contributed by atoms with van der Waals surface area (Å²) in [6.07, 6.45) is 5.38. The molecule has 8 atom stereocenters. The lowest BCUT2D eigenvalue weighted by molar-refractivity contribution is -0.577. The molecule has 4 saturated heterocycles. The minimum absolute atomic E-state index is 0.103. The van der Waals surface area contributed by atoms with Crippen molar-refractivity contribution in [3.05, 3.63) is 51.6 Å². The summed E-state index contributed by atoms with van der Waals surface area (Å²) in [6.45, 7) is 10.8. The maximum absolute atomic E-state index is 12.1. The molecule has 0 unspecified atom stereocenters. The van der Waals surface area contributed by atoms with Gasteiger partial charge in [-0.3, -0.25) is 0 Å². The predicted molar refractivity (Wildman–Crippen MR) is 149 cm³/mol. The molecule has 1 saturated carbocycles. The van der Waals surface area contributed by atoms with Crippen molar-refractivity contribution >= 4 is 11.0 Å². The van der Waals surface area contributed by atoms with Gasteiger partial charge >= 0.3 is 5.63 Å². The zero-order valence-corrected chi connectivity index (χ0v) is 24.8. The lowest BCUT2D eigenvalue weighted by atomic mass is 9.58. The molecule has 226 valence electrons. The van der Waals surface area contributed by atoms with Gasteiger partial charge < -0.3 is 23.4 Å². The highest BCUT2D eigenvalue weighted by Crippen LogP contribution is 2.60. The maximum Gasteiger partial charge on any atom is 0.339 e. The van der Waals surface area contributed by atoms with Crippen molar-refractivity contribution in [3.8, 4) is 5.75 Å². The average molecular weight is 582 g/mol. The smallest absolute Gasteiger partial charge is 0.339 e. The monoisotopic (exact) mass is 581 g/mol. The standard InChI is InChI=1S/C31H39N3O8/c1-17-12-19(3)27-22(13-17)25(14-26(35)38-27)37-16-34-15-21(32-33-34)9-11-36-28-20(4)24-7-6-18(2)23-8-10-30(5)40-29(39-28)31(23,24)42-41-30/h12-15,18,20,23-24,28-29H,6-11,16H2,1-5H3/t18-,20-,23+,24+,28+,29-,30-,31-/m1/s1. The van der Waals surface area contributed by atoms with E-state index < -0.39 is 29.6 Å². The minimum atomic E-state index is -0.809. The van der Waals surface area contributed by atoms with E-state index >= 15 is 0 Å². The number of ether oxygens (including phenoxy) is 4. The third-order valence-corrected chi connectivity index (χ3v) is 9.81. The van der Waals surface area contributed by atoms with Gasteiger partial charge in [-0.05, 0) is 69.1 Å². The van der Waals surface area contributed by atoms with Crippen LogP contribution in [0.4, 0.5) is 0 Å². The average Bonchev–Trinajstić information content (AvgIpc) is 3.28. The van der Waals surface area contributed by atoms with E-state index in [0.29, 0.717) is 36.2 Å². The summed E-state index contributed by atoms with van der Waals surface area (Å²) < 4.78 is 32.2. The number of fused-ring (bicyclic) bond motifs is 3. The van der Waals surface area contributed by atoms with Gasteiger partial charge in [0.2, 0.25) is 5.79 Å². The van der Waals surface area contributed by atoms with Crippen LogP contribution in [0.1, 0.15) is 63.3 Å². The zero-order valence-electron chi connectivity index (χ0n) is 24.8. The van der Waals surface area contributed by atoms with E-state index in [1.54, 1.807) is 4.68 Å².